The van der Waals surface area contributed by atoms with E-state index in [-0.39, 0.29) is 30.6 Å². The zero-order chi connectivity index (χ0) is 25.8. The third-order valence-electron chi connectivity index (χ3n) is 9.92. The van der Waals surface area contributed by atoms with Crippen LogP contribution in [0, 0.1) is 34.5 Å². The van der Waals surface area contributed by atoms with Crippen molar-refractivity contribution < 1.29 is 33.0 Å². The van der Waals surface area contributed by atoms with Crippen LogP contribution in [0.4, 0.5) is 8.78 Å². The summed E-state index contributed by atoms with van der Waals surface area (Å²) in [5, 5.41) is 11.5. The van der Waals surface area contributed by atoms with Gasteiger partial charge in [-0.2, -0.15) is 0 Å². The monoisotopic (exact) mass is 492 g/mol. The van der Waals surface area contributed by atoms with Gasteiger partial charge in [0.15, 0.2) is 18.1 Å². The number of ketones is 2. The number of hydrogen-bond acceptors (Lipinski definition) is 5. The molecule has 2 unspecified atom stereocenters. The number of unbranched alkanes of at least 4 members (excludes halogenated alkanes) is 2. The molecule has 1 N–H and O–H groups in total. The number of aliphatic hydroxyl groups excluding tert-OH is 1. The van der Waals surface area contributed by atoms with Crippen LogP contribution in [-0.2, 0) is 19.1 Å². The molecule has 7 heteroatoms. The molecule has 8 atom stereocenters. The second-order valence-corrected chi connectivity index (χ2v) is 11.7. The molecule has 0 amide bonds. The minimum absolute atomic E-state index is 0.0846. The minimum atomic E-state index is -1.64. The Morgan fingerprint density at radius 1 is 1.26 bits per heavy atom. The lowest BCUT2D eigenvalue weighted by atomic mass is 9.46. The zero-order valence-electron chi connectivity index (χ0n) is 21.2. The maximum absolute atomic E-state index is 14.8. The number of allylic oxidation sites excluding steroid dienone is 4. The van der Waals surface area contributed by atoms with E-state index in [2.05, 4.69) is 0 Å². The number of carbonyl (C=O) groups is 3. The summed E-state index contributed by atoms with van der Waals surface area (Å²) in [7, 11) is 0. The van der Waals surface area contributed by atoms with Crippen molar-refractivity contribution >= 4 is 17.5 Å². The molecule has 0 saturated heterocycles. The van der Waals surface area contributed by atoms with Crippen LogP contribution in [0.1, 0.15) is 79.1 Å². The van der Waals surface area contributed by atoms with Crippen molar-refractivity contribution in [3.8, 4) is 0 Å². The number of alkyl halides is 1. The average molecular weight is 493 g/mol. The first kappa shape index (κ1) is 26.2. The third kappa shape index (κ3) is 3.67. The van der Waals surface area contributed by atoms with Gasteiger partial charge in [-0.15, -0.1) is 0 Å². The van der Waals surface area contributed by atoms with Crippen LogP contribution in [0.2, 0.25) is 0 Å². The Balaban J connectivity index is 1.73. The number of carbonyl (C=O) groups excluding carboxylic acids is 3. The number of esters is 1. The van der Waals surface area contributed by atoms with Crippen molar-refractivity contribution in [2.75, 3.05) is 6.67 Å². The molecule has 194 valence electrons. The van der Waals surface area contributed by atoms with Crippen molar-refractivity contribution in [2.45, 2.75) is 90.8 Å². The topological polar surface area (TPSA) is 80.7 Å². The smallest absolute Gasteiger partial charge is 0.306 e. The Morgan fingerprint density at radius 2 is 1.97 bits per heavy atom. The summed E-state index contributed by atoms with van der Waals surface area (Å²) in [4.78, 5) is 38.1. The first-order valence-corrected chi connectivity index (χ1v) is 13.1. The Morgan fingerprint density at radius 3 is 2.63 bits per heavy atom. The van der Waals surface area contributed by atoms with Gasteiger partial charge in [0.25, 0.3) is 0 Å². The lowest BCUT2D eigenvalue weighted by Crippen LogP contribution is -2.64. The molecule has 0 aromatic carbocycles. The molecular formula is C28H38F2O5. The first-order valence-electron chi connectivity index (χ1n) is 13.1. The molecule has 5 nitrogen and oxygen atoms in total. The molecule has 0 aromatic rings. The Labute approximate surface area is 206 Å². The van der Waals surface area contributed by atoms with Crippen LogP contribution in [0.15, 0.2) is 23.6 Å². The van der Waals surface area contributed by atoms with E-state index >= 15 is 0 Å². The summed E-state index contributed by atoms with van der Waals surface area (Å²) in [6.07, 6.45) is 6.29. The van der Waals surface area contributed by atoms with E-state index < -0.39 is 58.5 Å². The van der Waals surface area contributed by atoms with Gasteiger partial charge in [-0.25, -0.2) is 8.78 Å². The quantitative estimate of drug-likeness (QED) is 0.390. The van der Waals surface area contributed by atoms with Crippen LogP contribution in [0.25, 0.3) is 0 Å². The van der Waals surface area contributed by atoms with E-state index in [1.807, 2.05) is 27.7 Å². The first-order chi connectivity index (χ1) is 16.5. The summed E-state index contributed by atoms with van der Waals surface area (Å²) >= 11 is 0. The molecule has 0 aliphatic heterocycles. The van der Waals surface area contributed by atoms with Crippen molar-refractivity contribution in [3.63, 3.8) is 0 Å². The van der Waals surface area contributed by atoms with Crippen LogP contribution in [0.3, 0.4) is 0 Å². The number of hydrogen-bond donors (Lipinski definition) is 1. The molecule has 4 aliphatic rings. The number of fused-ring (bicyclic) bond motifs is 5. The lowest BCUT2D eigenvalue weighted by Gasteiger charge is -2.59. The molecule has 0 heterocycles. The number of aliphatic hydroxyl groups is 1. The number of rotatable bonds is 7. The summed E-state index contributed by atoms with van der Waals surface area (Å²) in [5.74, 6) is -3.55. The zero-order valence-corrected chi connectivity index (χ0v) is 21.2. The van der Waals surface area contributed by atoms with E-state index in [1.54, 1.807) is 6.08 Å². The Kier molecular flexibility index (Phi) is 6.88. The third-order valence-corrected chi connectivity index (χ3v) is 9.92. The van der Waals surface area contributed by atoms with Crippen molar-refractivity contribution in [2.24, 2.45) is 34.5 Å². The number of Topliss-reactive ketones (excluding diaryl/α,β-unsaturated/α-hetero) is 1. The van der Waals surface area contributed by atoms with Crippen LogP contribution < -0.4 is 0 Å². The summed E-state index contributed by atoms with van der Waals surface area (Å²) in [5.41, 5.74) is -2.95. The minimum Gasteiger partial charge on any atom is -0.450 e. The fourth-order valence-corrected chi connectivity index (χ4v) is 8.44. The molecule has 4 aliphatic carbocycles. The second-order valence-electron chi connectivity index (χ2n) is 11.7. The Hall–Kier alpha value is -1.89. The molecular weight excluding hydrogens is 454 g/mol. The van der Waals surface area contributed by atoms with Gasteiger partial charge in [-0.3, -0.25) is 14.4 Å². The van der Waals surface area contributed by atoms with Crippen LogP contribution >= 0.6 is 0 Å². The molecule has 4 rings (SSSR count). The highest BCUT2D eigenvalue weighted by Gasteiger charge is 2.73. The van der Waals surface area contributed by atoms with Gasteiger partial charge in [-0.05, 0) is 55.6 Å². The highest BCUT2D eigenvalue weighted by Crippen LogP contribution is 2.69. The van der Waals surface area contributed by atoms with E-state index in [4.69, 9.17) is 4.74 Å². The maximum Gasteiger partial charge on any atom is 0.306 e. The molecule has 0 spiro atoms. The Bertz CT molecular complexity index is 972. The van der Waals surface area contributed by atoms with Gasteiger partial charge in [0, 0.05) is 29.1 Å². The summed E-state index contributed by atoms with van der Waals surface area (Å²) < 4.78 is 34.9. The standard InChI is InChI=1S/C28H38F2O5/c1-5-6-7-8-23(34)35-28(22(33)15-29)16(2)13-19-17-9-10-18-25(30)20(31)11-12-26(18,3)24(17)21(32)14-27(19,28)4/h11-12,16-17,19,21,24,32H,5-10,13-15H2,1-4H3/t16?,17-,19-,21?,24+,26-,27-,28-/m0/s1. The largest absolute Gasteiger partial charge is 0.450 e. The van der Waals surface area contributed by atoms with E-state index in [1.165, 1.54) is 6.08 Å². The van der Waals surface area contributed by atoms with Crippen LogP contribution in [0.5, 0.6) is 0 Å². The number of halogens is 2. The number of ether oxygens (including phenoxy) is 1. The maximum atomic E-state index is 14.8. The van der Waals surface area contributed by atoms with Gasteiger partial charge in [0.2, 0.25) is 11.6 Å². The van der Waals surface area contributed by atoms with E-state index in [0.29, 0.717) is 31.3 Å². The normalized spacial score (nSPS) is 42.4. The second kappa shape index (κ2) is 9.20. The van der Waals surface area contributed by atoms with Gasteiger partial charge in [0.05, 0.1) is 6.10 Å². The van der Waals surface area contributed by atoms with Gasteiger partial charge in [-0.1, -0.05) is 46.6 Å². The van der Waals surface area contributed by atoms with Gasteiger partial charge < -0.3 is 9.84 Å². The molecule has 35 heavy (non-hydrogen) atoms. The van der Waals surface area contributed by atoms with Crippen LogP contribution in [-0.4, -0.2) is 41.0 Å². The molecule has 0 radical (unpaired) electrons. The van der Waals surface area contributed by atoms with Crippen molar-refractivity contribution in [1.82, 2.24) is 0 Å². The fraction of sp³-hybridized carbons (Fsp3) is 0.750. The molecule has 3 fully saturated rings. The SMILES string of the molecule is CCCCCC(=O)O[C@]1(C(=O)CF)C(C)C[C@H]2[C@@H]3CCC4=C(F)C(=O)C=C[C@]4(C)[C@H]3C(O)C[C@@]21C. The fourth-order valence-electron chi connectivity index (χ4n) is 8.44. The van der Waals surface area contributed by atoms with Crippen molar-refractivity contribution in [3.05, 3.63) is 23.6 Å². The van der Waals surface area contributed by atoms with Crippen molar-refractivity contribution in [1.29, 1.82) is 0 Å². The average Bonchev–Trinajstić information content (AvgIpc) is 3.03. The van der Waals surface area contributed by atoms with E-state index in [9.17, 15) is 28.3 Å². The molecule has 0 bridgehead atoms. The highest BCUT2D eigenvalue weighted by atomic mass is 19.1. The molecule has 0 aromatic heterocycles. The van der Waals surface area contributed by atoms with Gasteiger partial charge in [0.1, 0.15) is 0 Å². The lowest BCUT2D eigenvalue weighted by molar-refractivity contribution is -0.204. The predicted molar refractivity (Wildman–Crippen MR) is 127 cm³/mol. The highest BCUT2D eigenvalue weighted by molar-refractivity contribution is 6.04. The summed E-state index contributed by atoms with van der Waals surface area (Å²) in [6, 6.07) is 0. The van der Waals surface area contributed by atoms with E-state index in [0.717, 1.165) is 12.8 Å². The predicted octanol–water partition coefficient (Wildman–Crippen LogP) is 5.21. The van der Waals surface area contributed by atoms with Gasteiger partial charge >= 0.3 is 5.97 Å². The molecule has 3 saturated carbocycles. The summed E-state index contributed by atoms with van der Waals surface area (Å²) in [6.45, 7) is 6.37.